The predicted octanol–water partition coefficient (Wildman–Crippen LogP) is 8.86. The van der Waals surface area contributed by atoms with Gasteiger partial charge in [0.05, 0.1) is 0 Å². The summed E-state index contributed by atoms with van der Waals surface area (Å²) in [6.45, 7) is 10.3. The van der Waals surface area contributed by atoms with Crippen LogP contribution in [0.2, 0.25) is 0 Å². The number of benzene rings is 3. The summed E-state index contributed by atoms with van der Waals surface area (Å²) in [4.78, 5) is 1.34. The molecular weight excluding hydrogens is 394 g/mol. The minimum Gasteiger partial charge on any atom is -0.355 e. The molecule has 4 rings (SSSR count). The zero-order valence-corrected chi connectivity index (χ0v) is 19.1. The van der Waals surface area contributed by atoms with Crippen LogP contribution < -0.4 is 5.32 Å². The molecule has 0 aliphatic rings. The zero-order chi connectivity index (χ0) is 21.8. The third kappa shape index (κ3) is 4.40. The van der Waals surface area contributed by atoms with Gasteiger partial charge in [-0.05, 0) is 84.8 Å². The summed E-state index contributed by atoms with van der Waals surface area (Å²) in [5, 5.41) is 4.90. The standard InChI is InChI=1S/C29H27NS/c1-5-9-27(25-12-8-7-11-20(25)3)30-24-16-13-22(14-17-24)23-15-18-29-26(19-23)21(4)28(31-29)10-6-2/h5-19,30H,1H2,2-4H3/b10-6-,27-9+. The number of nitrogens with one attached hydrogen (secondary N) is 1. The van der Waals surface area contributed by atoms with Crippen LogP contribution in [-0.4, -0.2) is 0 Å². The maximum Gasteiger partial charge on any atom is 0.0460 e. The number of thiophene rings is 1. The summed E-state index contributed by atoms with van der Waals surface area (Å²) in [5.41, 5.74) is 8.34. The Labute approximate surface area is 189 Å². The predicted molar refractivity (Wildman–Crippen MR) is 140 cm³/mol. The van der Waals surface area contributed by atoms with E-state index in [0.29, 0.717) is 0 Å². The van der Waals surface area contributed by atoms with Crippen LogP contribution in [-0.2, 0) is 0 Å². The number of fused-ring (bicyclic) bond motifs is 1. The van der Waals surface area contributed by atoms with Gasteiger partial charge in [0.25, 0.3) is 0 Å². The van der Waals surface area contributed by atoms with E-state index in [1.807, 2.05) is 23.5 Å². The van der Waals surface area contributed by atoms with Crippen LogP contribution in [0.4, 0.5) is 5.69 Å². The molecule has 0 saturated heterocycles. The van der Waals surface area contributed by atoms with Crippen LogP contribution in [0.5, 0.6) is 0 Å². The van der Waals surface area contributed by atoms with Gasteiger partial charge in [0, 0.05) is 26.5 Å². The number of anilines is 1. The van der Waals surface area contributed by atoms with Crippen molar-refractivity contribution in [1.29, 1.82) is 0 Å². The smallest absolute Gasteiger partial charge is 0.0460 e. The molecule has 1 aromatic heterocycles. The van der Waals surface area contributed by atoms with E-state index in [0.717, 1.165) is 11.4 Å². The average molecular weight is 422 g/mol. The van der Waals surface area contributed by atoms with Crippen molar-refractivity contribution in [2.45, 2.75) is 20.8 Å². The molecule has 0 spiro atoms. The van der Waals surface area contributed by atoms with Crippen LogP contribution >= 0.6 is 11.3 Å². The van der Waals surface area contributed by atoms with Gasteiger partial charge >= 0.3 is 0 Å². The molecule has 1 nitrogen and oxygen atoms in total. The molecule has 0 unspecified atom stereocenters. The van der Waals surface area contributed by atoms with Gasteiger partial charge in [0.2, 0.25) is 0 Å². The van der Waals surface area contributed by atoms with Crippen LogP contribution in [0.15, 0.2) is 91.5 Å². The van der Waals surface area contributed by atoms with Gasteiger partial charge in [0.15, 0.2) is 0 Å². The SMILES string of the molecule is C=C/C=C(/Nc1ccc(-c2ccc3sc(/C=C\C)c(C)c3c2)cc1)c1ccccc1C. The topological polar surface area (TPSA) is 12.0 Å². The summed E-state index contributed by atoms with van der Waals surface area (Å²) < 4.78 is 1.34. The first kappa shape index (κ1) is 20.9. The molecule has 0 atom stereocenters. The van der Waals surface area contributed by atoms with Gasteiger partial charge in [-0.25, -0.2) is 0 Å². The van der Waals surface area contributed by atoms with Gasteiger partial charge in [-0.1, -0.05) is 61.2 Å². The quantitative estimate of drug-likeness (QED) is 0.307. The van der Waals surface area contributed by atoms with E-state index in [1.54, 1.807) is 0 Å². The van der Waals surface area contributed by atoms with E-state index in [-0.39, 0.29) is 0 Å². The van der Waals surface area contributed by atoms with Gasteiger partial charge < -0.3 is 5.32 Å². The minimum absolute atomic E-state index is 1.05. The van der Waals surface area contributed by atoms with E-state index < -0.39 is 0 Å². The van der Waals surface area contributed by atoms with Crippen LogP contribution in [0, 0.1) is 13.8 Å². The minimum atomic E-state index is 1.05. The zero-order valence-electron chi connectivity index (χ0n) is 18.3. The van der Waals surface area contributed by atoms with Crippen molar-refractivity contribution < 1.29 is 0 Å². The highest BCUT2D eigenvalue weighted by Crippen LogP contribution is 2.35. The Morgan fingerprint density at radius 3 is 2.39 bits per heavy atom. The Bertz CT molecular complexity index is 1290. The van der Waals surface area contributed by atoms with Gasteiger partial charge in [0.1, 0.15) is 0 Å². The molecule has 0 fully saturated rings. The molecule has 0 saturated carbocycles. The molecule has 0 bridgehead atoms. The number of allylic oxidation sites excluding steroid dienone is 3. The highest BCUT2D eigenvalue weighted by molar-refractivity contribution is 7.20. The van der Waals surface area contributed by atoms with Crippen molar-refractivity contribution >= 4 is 38.9 Å². The number of rotatable bonds is 6. The Morgan fingerprint density at radius 2 is 1.68 bits per heavy atom. The van der Waals surface area contributed by atoms with E-state index in [4.69, 9.17) is 0 Å². The van der Waals surface area contributed by atoms with Crippen molar-refractivity contribution in [2.75, 3.05) is 5.32 Å². The lowest BCUT2D eigenvalue weighted by molar-refractivity contribution is 1.40. The Balaban J connectivity index is 1.62. The largest absolute Gasteiger partial charge is 0.355 e. The molecule has 0 amide bonds. The average Bonchev–Trinajstić information content (AvgIpc) is 3.09. The van der Waals surface area contributed by atoms with Crippen LogP contribution in [0.25, 0.3) is 33.0 Å². The van der Waals surface area contributed by atoms with Gasteiger partial charge in [-0.3, -0.25) is 0 Å². The second kappa shape index (κ2) is 9.20. The van der Waals surface area contributed by atoms with Crippen molar-refractivity contribution in [3.8, 4) is 11.1 Å². The van der Waals surface area contributed by atoms with E-state index >= 15 is 0 Å². The molecule has 1 N–H and O–H groups in total. The molecule has 0 radical (unpaired) electrons. The maximum absolute atomic E-state index is 3.88. The first-order chi connectivity index (χ1) is 15.1. The van der Waals surface area contributed by atoms with Gasteiger partial charge in [-0.15, -0.1) is 11.3 Å². The normalized spacial score (nSPS) is 11.9. The molecule has 3 aromatic carbocycles. The number of aryl methyl sites for hydroxylation is 2. The third-order valence-electron chi connectivity index (χ3n) is 5.51. The second-order valence-corrected chi connectivity index (χ2v) is 8.72. The Kier molecular flexibility index (Phi) is 6.20. The molecule has 1 heterocycles. The monoisotopic (exact) mass is 421 g/mol. The lowest BCUT2D eigenvalue weighted by Crippen LogP contribution is -2.00. The summed E-state index contributed by atoms with van der Waals surface area (Å²) >= 11 is 1.85. The highest BCUT2D eigenvalue weighted by atomic mass is 32.1. The molecule has 4 aromatic rings. The van der Waals surface area contributed by atoms with E-state index in [1.165, 1.54) is 42.8 Å². The highest BCUT2D eigenvalue weighted by Gasteiger charge is 2.09. The maximum atomic E-state index is 3.88. The lowest BCUT2D eigenvalue weighted by atomic mass is 10.0. The lowest BCUT2D eigenvalue weighted by Gasteiger charge is -2.14. The Hall–Kier alpha value is -3.36. The molecule has 0 aliphatic heterocycles. The van der Waals surface area contributed by atoms with E-state index in [2.05, 4.69) is 112 Å². The summed E-state index contributed by atoms with van der Waals surface area (Å²) in [5.74, 6) is 0. The Morgan fingerprint density at radius 1 is 0.935 bits per heavy atom. The molecular formula is C29H27NS. The van der Waals surface area contributed by atoms with Crippen molar-refractivity contribution in [3.05, 3.63) is 113 Å². The molecule has 0 aliphatic carbocycles. The van der Waals surface area contributed by atoms with E-state index in [9.17, 15) is 0 Å². The van der Waals surface area contributed by atoms with Crippen molar-refractivity contribution in [2.24, 2.45) is 0 Å². The molecule has 154 valence electrons. The number of hydrogen-bond acceptors (Lipinski definition) is 2. The number of hydrogen-bond donors (Lipinski definition) is 1. The van der Waals surface area contributed by atoms with Crippen molar-refractivity contribution in [3.63, 3.8) is 0 Å². The van der Waals surface area contributed by atoms with Crippen LogP contribution in [0.3, 0.4) is 0 Å². The summed E-state index contributed by atoms with van der Waals surface area (Å²) in [6, 6.07) is 23.8. The van der Waals surface area contributed by atoms with Gasteiger partial charge in [-0.2, -0.15) is 0 Å². The first-order valence-corrected chi connectivity index (χ1v) is 11.3. The summed E-state index contributed by atoms with van der Waals surface area (Å²) in [6.07, 6.45) is 8.15. The fourth-order valence-electron chi connectivity index (χ4n) is 3.82. The van der Waals surface area contributed by atoms with Crippen LogP contribution in [0.1, 0.15) is 28.5 Å². The third-order valence-corrected chi connectivity index (χ3v) is 6.75. The fourth-order valence-corrected chi connectivity index (χ4v) is 4.99. The first-order valence-electron chi connectivity index (χ1n) is 10.5. The molecule has 31 heavy (non-hydrogen) atoms. The second-order valence-electron chi connectivity index (χ2n) is 7.64. The van der Waals surface area contributed by atoms with Crippen molar-refractivity contribution in [1.82, 2.24) is 0 Å². The summed E-state index contributed by atoms with van der Waals surface area (Å²) in [7, 11) is 0. The fraction of sp³-hybridized carbons (Fsp3) is 0.103. The molecule has 2 heteroatoms.